The molecule has 0 bridgehead atoms. The van der Waals surface area contributed by atoms with Gasteiger partial charge in [0, 0.05) is 18.8 Å². The first kappa shape index (κ1) is 11.3. The maximum absolute atomic E-state index is 5.71. The van der Waals surface area contributed by atoms with Crippen molar-refractivity contribution in [3.05, 3.63) is 18.2 Å². The van der Waals surface area contributed by atoms with Crippen molar-refractivity contribution in [2.24, 2.45) is 0 Å². The molecule has 1 aromatic carbocycles. The number of rotatable bonds is 3. The molecule has 3 rings (SSSR count). The third-order valence-corrected chi connectivity index (χ3v) is 3.33. The van der Waals surface area contributed by atoms with E-state index in [-0.39, 0.29) is 5.60 Å². The number of oxazole rings is 1. The molecule has 0 saturated carbocycles. The summed E-state index contributed by atoms with van der Waals surface area (Å²) in [5.74, 6) is 0. The zero-order chi connectivity index (χ0) is 12.6. The lowest BCUT2D eigenvalue weighted by molar-refractivity contribution is 0.0311. The fourth-order valence-electron chi connectivity index (χ4n) is 2.26. The van der Waals surface area contributed by atoms with Crippen LogP contribution in [0, 0.1) is 0 Å². The van der Waals surface area contributed by atoms with Crippen LogP contribution in [0.1, 0.15) is 19.8 Å². The van der Waals surface area contributed by atoms with Crippen LogP contribution in [-0.4, -0.2) is 23.7 Å². The zero-order valence-corrected chi connectivity index (χ0v) is 10.4. The van der Waals surface area contributed by atoms with E-state index in [9.17, 15) is 0 Å². The van der Waals surface area contributed by atoms with Gasteiger partial charge in [0.05, 0.1) is 5.60 Å². The molecule has 0 amide bonds. The Morgan fingerprint density at radius 3 is 3.17 bits per heavy atom. The Kier molecular flexibility index (Phi) is 2.63. The van der Waals surface area contributed by atoms with E-state index in [1.165, 1.54) is 0 Å². The smallest absolute Gasteiger partial charge is 0.295 e. The molecular formula is C13H17N3O2. The Balaban J connectivity index is 1.74. The van der Waals surface area contributed by atoms with Gasteiger partial charge >= 0.3 is 0 Å². The molecule has 1 atom stereocenters. The van der Waals surface area contributed by atoms with Crippen molar-refractivity contribution in [2.75, 3.05) is 24.2 Å². The van der Waals surface area contributed by atoms with Crippen LogP contribution in [0.4, 0.5) is 11.7 Å². The fraction of sp³-hybridized carbons (Fsp3) is 0.462. The molecule has 5 nitrogen and oxygen atoms in total. The average molecular weight is 247 g/mol. The third kappa shape index (κ3) is 2.13. The van der Waals surface area contributed by atoms with E-state index in [2.05, 4.69) is 17.2 Å². The Morgan fingerprint density at radius 1 is 1.50 bits per heavy atom. The van der Waals surface area contributed by atoms with Gasteiger partial charge < -0.3 is 20.2 Å². The van der Waals surface area contributed by atoms with Crippen molar-refractivity contribution in [2.45, 2.75) is 25.4 Å². The van der Waals surface area contributed by atoms with Gasteiger partial charge in [-0.1, -0.05) is 0 Å². The van der Waals surface area contributed by atoms with Crippen molar-refractivity contribution in [1.82, 2.24) is 4.98 Å². The zero-order valence-electron chi connectivity index (χ0n) is 10.4. The number of aromatic nitrogens is 1. The molecule has 0 spiro atoms. The minimum absolute atomic E-state index is 0.111. The molecule has 1 aliphatic rings. The van der Waals surface area contributed by atoms with Crippen LogP contribution >= 0.6 is 0 Å². The van der Waals surface area contributed by atoms with Gasteiger partial charge in [-0.2, -0.15) is 4.98 Å². The van der Waals surface area contributed by atoms with Gasteiger partial charge in [-0.25, -0.2) is 0 Å². The summed E-state index contributed by atoms with van der Waals surface area (Å²) in [5, 5.41) is 3.19. The number of hydrogen-bond acceptors (Lipinski definition) is 5. The summed E-state index contributed by atoms with van der Waals surface area (Å²) < 4.78 is 11.3. The van der Waals surface area contributed by atoms with Crippen LogP contribution in [0.25, 0.3) is 11.1 Å². The summed E-state index contributed by atoms with van der Waals surface area (Å²) in [4.78, 5) is 4.35. The minimum Gasteiger partial charge on any atom is -0.424 e. The Labute approximate surface area is 105 Å². The monoisotopic (exact) mass is 247 g/mol. The normalized spacial score (nSPS) is 23.6. The Morgan fingerprint density at radius 2 is 2.39 bits per heavy atom. The summed E-state index contributed by atoms with van der Waals surface area (Å²) in [6.45, 7) is 3.64. The summed E-state index contributed by atoms with van der Waals surface area (Å²) >= 11 is 0. The number of nitrogens with zero attached hydrogens (tertiary/aromatic N) is 1. The standard InChI is InChI=1S/C13H17N3O2/c1-13(5-2-6-17-13)8-15-12-16-10-7-9(14)3-4-11(10)18-12/h3-4,7H,2,5-6,8,14H2,1H3,(H,15,16). The van der Waals surface area contributed by atoms with Gasteiger partial charge in [-0.3, -0.25) is 0 Å². The lowest BCUT2D eigenvalue weighted by Crippen LogP contribution is -2.32. The topological polar surface area (TPSA) is 73.3 Å². The summed E-state index contributed by atoms with van der Waals surface area (Å²) in [7, 11) is 0. The lowest BCUT2D eigenvalue weighted by Gasteiger charge is -2.22. The first-order chi connectivity index (χ1) is 8.65. The number of hydrogen-bond donors (Lipinski definition) is 2. The number of nitrogens with one attached hydrogen (secondary N) is 1. The molecule has 1 unspecified atom stereocenters. The first-order valence-corrected chi connectivity index (χ1v) is 6.19. The van der Waals surface area contributed by atoms with E-state index in [1.807, 2.05) is 6.07 Å². The van der Waals surface area contributed by atoms with Crippen LogP contribution in [0.15, 0.2) is 22.6 Å². The number of nitrogens with two attached hydrogens (primary N) is 1. The molecule has 1 fully saturated rings. The molecule has 0 radical (unpaired) electrons. The van der Waals surface area contributed by atoms with Crippen molar-refractivity contribution in [3.8, 4) is 0 Å². The molecule has 18 heavy (non-hydrogen) atoms. The predicted octanol–water partition coefficient (Wildman–Crippen LogP) is 2.39. The predicted molar refractivity (Wildman–Crippen MR) is 70.5 cm³/mol. The number of fused-ring (bicyclic) bond motifs is 1. The second-order valence-electron chi connectivity index (χ2n) is 5.00. The van der Waals surface area contributed by atoms with Crippen LogP contribution in [0.2, 0.25) is 0 Å². The largest absolute Gasteiger partial charge is 0.424 e. The first-order valence-electron chi connectivity index (χ1n) is 6.19. The maximum atomic E-state index is 5.71. The van der Waals surface area contributed by atoms with Gasteiger partial charge in [0.2, 0.25) is 0 Å². The number of benzene rings is 1. The van der Waals surface area contributed by atoms with Gasteiger partial charge in [0.25, 0.3) is 6.01 Å². The van der Waals surface area contributed by atoms with Crippen LogP contribution in [0.5, 0.6) is 0 Å². The quantitative estimate of drug-likeness (QED) is 0.815. The number of nitrogen functional groups attached to an aromatic ring is 1. The van der Waals surface area contributed by atoms with E-state index >= 15 is 0 Å². The molecule has 0 aliphatic carbocycles. The fourth-order valence-corrected chi connectivity index (χ4v) is 2.26. The van der Waals surface area contributed by atoms with Crippen LogP contribution in [0.3, 0.4) is 0 Å². The molecule has 2 aromatic rings. The van der Waals surface area contributed by atoms with Crippen LogP contribution in [-0.2, 0) is 4.74 Å². The van der Waals surface area contributed by atoms with Crippen molar-refractivity contribution < 1.29 is 9.15 Å². The Hall–Kier alpha value is -1.75. The van der Waals surface area contributed by atoms with E-state index in [1.54, 1.807) is 12.1 Å². The average Bonchev–Trinajstić information content (AvgIpc) is 2.93. The molecule has 1 aliphatic heterocycles. The summed E-state index contributed by atoms with van der Waals surface area (Å²) in [6.07, 6.45) is 2.18. The minimum atomic E-state index is -0.111. The number of anilines is 2. The van der Waals surface area contributed by atoms with Crippen molar-refractivity contribution in [1.29, 1.82) is 0 Å². The van der Waals surface area contributed by atoms with E-state index < -0.39 is 0 Å². The van der Waals surface area contributed by atoms with Crippen LogP contribution < -0.4 is 11.1 Å². The molecule has 96 valence electrons. The second kappa shape index (κ2) is 4.17. The molecule has 2 heterocycles. The molecule has 5 heteroatoms. The highest BCUT2D eigenvalue weighted by atomic mass is 16.5. The highest BCUT2D eigenvalue weighted by Gasteiger charge is 2.29. The maximum Gasteiger partial charge on any atom is 0.295 e. The van der Waals surface area contributed by atoms with Gasteiger partial charge in [0.1, 0.15) is 5.52 Å². The summed E-state index contributed by atoms with van der Waals surface area (Å²) in [5.41, 5.74) is 7.80. The molecule has 1 aromatic heterocycles. The van der Waals surface area contributed by atoms with Gasteiger partial charge in [-0.15, -0.1) is 0 Å². The van der Waals surface area contributed by atoms with E-state index in [0.717, 1.165) is 30.5 Å². The van der Waals surface area contributed by atoms with E-state index in [4.69, 9.17) is 14.9 Å². The SMILES string of the molecule is CC1(CNc2nc3cc(N)ccc3o2)CCCO1. The van der Waals surface area contributed by atoms with Gasteiger partial charge in [0.15, 0.2) is 5.58 Å². The van der Waals surface area contributed by atoms with Crippen molar-refractivity contribution in [3.63, 3.8) is 0 Å². The lowest BCUT2D eigenvalue weighted by atomic mass is 10.0. The highest BCUT2D eigenvalue weighted by Crippen LogP contribution is 2.26. The molecule has 1 saturated heterocycles. The second-order valence-corrected chi connectivity index (χ2v) is 5.00. The summed E-state index contributed by atoms with van der Waals surface area (Å²) in [6, 6.07) is 5.96. The van der Waals surface area contributed by atoms with E-state index in [0.29, 0.717) is 18.2 Å². The Bertz CT molecular complexity index is 558. The molecule has 3 N–H and O–H groups in total. The molecular weight excluding hydrogens is 230 g/mol. The third-order valence-electron chi connectivity index (χ3n) is 3.33. The number of ether oxygens (including phenoxy) is 1. The van der Waals surface area contributed by atoms with Crippen molar-refractivity contribution >= 4 is 22.8 Å². The van der Waals surface area contributed by atoms with Gasteiger partial charge in [-0.05, 0) is 38.0 Å². The highest BCUT2D eigenvalue weighted by molar-refractivity contribution is 5.78.